The number of benzene rings is 2. The molecule has 2 fully saturated rings. The van der Waals surface area contributed by atoms with Gasteiger partial charge in [0, 0.05) is 36.1 Å². The highest BCUT2D eigenvalue weighted by atomic mass is 35.5. The first-order valence-corrected chi connectivity index (χ1v) is 10.7. The van der Waals surface area contributed by atoms with E-state index in [9.17, 15) is 14.7 Å². The standard InChI is InChI=1S/C23H26ClN3O3/c24-17-5-3-4-16(14-17)23(15-25)10-8-18(9-11-23)26-12-13-27(22(26)30)20-7-2-1-6-19(20)21(28)29/h1-7,14,18H,8-13,15,25H2,(H,28,29). The normalized spacial score (nSPS) is 24.3. The molecule has 2 aromatic rings. The van der Waals surface area contributed by atoms with Crippen LogP contribution in [0, 0.1) is 0 Å². The van der Waals surface area contributed by atoms with Gasteiger partial charge in [0.2, 0.25) is 0 Å². The molecule has 2 aromatic carbocycles. The molecule has 0 atom stereocenters. The van der Waals surface area contributed by atoms with Crippen molar-refractivity contribution in [3.05, 3.63) is 64.7 Å². The van der Waals surface area contributed by atoms with Crippen LogP contribution >= 0.6 is 11.6 Å². The van der Waals surface area contributed by atoms with Gasteiger partial charge in [-0.1, -0.05) is 35.9 Å². The van der Waals surface area contributed by atoms with E-state index in [2.05, 4.69) is 6.07 Å². The smallest absolute Gasteiger partial charge is 0.337 e. The molecule has 30 heavy (non-hydrogen) atoms. The molecule has 6 nitrogen and oxygen atoms in total. The molecular weight excluding hydrogens is 402 g/mol. The maximum Gasteiger partial charge on any atom is 0.337 e. The van der Waals surface area contributed by atoms with Crippen molar-refractivity contribution in [3.63, 3.8) is 0 Å². The number of nitrogens with zero attached hydrogens (tertiary/aromatic N) is 2. The van der Waals surface area contributed by atoms with Crippen molar-refractivity contribution in [2.45, 2.75) is 37.1 Å². The summed E-state index contributed by atoms with van der Waals surface area (Å²) in [5.74, 6) is -1.02. The molecule has 0 aromatic heterocycles. The summed E-state index contributed by atoms with van der Waals surface area (Å²) in [5.41, 5.74) is 7.87. The summed E-state index contributed by atoms with van der Waals surface area (Å²) in [6, 6.07) is 14.6. The third-order valence-electron chi connectivity index (χ3n) is 6.65. The molecule has 3 N–H and O–H groups in total. The van der Waals surface area contributed by atoms with E-state index in [1.54, 1.807) is 23.1 Å². The number of amides is 2. The highest BCUT2D eigenvalue weighted by molar-refractivity contribution is 6.30. The molecule has 1 heterocycles. The predicted octanol–water partition coefficient (Wildman–Crippen LogP) is 4.12. The van der Waals surface area contributed by atoms with Crippen LogP contribution in [0.5, 0.6) is 0 Å². The lowest BCUT2D eigenvalue weighted by atomic mass is 9.68. The van der Waals surface area contributed by atoms with Crippen molar-refractivity contribution in [2.24, 2.45) is 5.73 Å². The summed E-state index contributed by atoms with van der Waals surface area (Å²) in [4.78, 5) is 28.2. The van der Waals surface area contributed by atoms with Crippen molar-refractivity contribution in [3.8, 4) is 0 Å². The molecule has 0 unspecified atom stereocenters. The number of anilines is 1. The molecule has 0 bridgehead atoms. The SMILES string of the molecule is NCC1(c2cccc(Cl)c2)CCC(N2CCN(c3ccccc3C(=O)O)C2=O)CC1. The number of hydrogen-bond acceptors (Lipinski definition) is 3. The first-order valence-electron chi connectivity index (χ1n) is 10.3. The molecular formula is C23H26ClN3O3. The predicted molar refractivity (Wildman–Crippen MR) is 117 cm³/mol. The zero-order chi connectivity index (χ0) is 21.3. The van der Waals surface area contributed by atoms with Crippen molar-refractivity contribution in [1.29, 1.82) is 0 Å². The molecule has 1 aliphatic heterocycles. The van der Waals surface area contributed by atoms with E-state index in [4.69, 9.17) is 17.3 Å². The van der Waals surface area contributed by atoms with E-state index < -0.39 is 5.97 Å². The minimum atomic E-state index is -1.02. The summed E-state index contributed by atoms with van der Waals surface area (Å²) in [7, 11) is 0. The number of aromatic carboxylic acids is 1. The van der Waals surface area contributed by atoms with Gasteiger partial charge >= 0.3 is 12.0 Å². The number of para-hydroxylation sites is 1. The van der Waals surface area contributed by atoms with Crippen LogP contribution in [0.3, 0.4) is 0 Å². The molecule has 1 aliphatic carbocycles. The molecule has 1 saturated carbocycles. The van der Waals surface area contributed by atoms with Gasteiger partial charge in [-0.15, -0.1) is 0 Å². The Bertz CT molecular complexity index is 956. The lowest BCUT2D eigenvalue weighted by molar-refractivity contribution is 0.0697. The van der Waals surface area contributed by atoms with Gasteiger partial charge in [-0.2, -0.15) is 0 Å². The van der Waals surface area contributed by atoms with Gasteiger partial charge in [-0.25, -0.2) is 9.59 Å². The average Bonchev–Trinajstić information content (AvgIpc) is 3.15. The fourth-order valence-electron chi connectivity index (χ4n) is 4.90. The highest BCUT2D eigenvalue weighted by Crippen LogP contribution is 2.41. The monoisotopic (exact) mass is 427 g/mol. The van der Waals surface area contributed by atoms with Crippen LogP contribution in [0.1, 0.15) is 41.6 Å². The number of carbonyl (C=O) groups is 2. The Hall–Kier alpha value is -2.57. The Morgan fingerprint density at radius 2 is 1.87 bits per heavy atom. The Labute approximate surface area is 181 Å². The zero-order valence-electron chi connectivity index (χ0n) is 16.8. The van der Waals surface area contributed by atoms with Gasteiger partial charge < -0.3 is 15.7 Å². The van der Waals surface area contributed by atoms with Gasteiger partial charge in [0.25, 0.3) is 0 Å². The summed E-state index contributed by atoms with van der Waals surface area (Å²) in [5, 5.41) is 10.2. The Kier molecular flexibility index (Phi) is 5.71. The summed E-state index contributed by atoms with van der Waals surface area (Å²) in [6.45, 7) is 1.65. The van der Waals surface area contributed by atoms with E-state index in [-0.39, 0.29) is 23.1 Å². The topological polar surface area (TPSA) is 86.9 Å². The molecule has 1 saturated heterocycles. The molecule has 2 aliphatic rings. The minimum absolute atomic E-state index is 0.111. The number of carboxylic acid groups (broad SMARTS) is 1. The quantitative estimate of drug-likeness (QED) is 0.751. The van der Waals surface area contributed by atoms with Crippen molar-refractivity contribution >= 4 is 29.3 Å². The average molecular weight is 428 g/mol. The van der Waals surface area contributed by atoms with Gasteiger partial charge in [-0.3, -0.25) is 4.90 Å². The second-order valence-electron chi connectivity index (χ2n) is 8.18. The zero-order valence-corrected chi connectivity index (χ0v) is 17.5. The van der Waals surface area contributed by atoms with Gasteiger partial charge in [0.1, 0.15) is 0 Å². The first-order chi connectivity index (χ1) is 14.4. The van der Waals surface area contributed by atoms with Crippen LogP contribution in [0.25, 0.3) is 0 Å². The van der Waals surface area contributed by atoms with Gasteiger partial charge in [0.05, 0.1) is 11.3 Å². The Morgan fingerprint density at radius 1 is 1.13 bits per heavy atom. The Morgan fingerprint density at radius 3 is 2.53 bits per heavy atom. The van der Waals surface area contributed by atoms with Crippen molar-refractivity contribution in [1.82, 2.24) is 4.90 Å². The van der Waals surface area contributed by atoms with Gasteiger partial charge in [-0.05, 0) is 55.5 Å². The van der Waals surface area contributed by atoms with E-state index in [1.165, 1.54) is 11.6 Å². The van der Waals surface area contributed by atoms with Crippen LogP contribution in [0.2, 0.25) is 5.02 Å². The van der Waals surface area contributed by atoms with Crippen LogP contribution < -0.4 is 10.6 Å². The maximum absolute atomic E-state index is 13.1. The second-order valence-corrected chi connectivity index (χ2v) is 8.61. The Balaban J connectivity index is 1.48. The van der Waals surface area contributed by atoms with Crippen LogP contribution in [-0.2, 0) is 5.41 Å². The number of carbonyl (C=O) groups excluding carboxylic acids is 1. The molecule has 2 amide bonds. The number of carboxylic acids is 1. The molecule has 0 spiro atoms. The minimum Gasteiger partial charge on any atom is -0.478 e. The van der Waals surface area contributed by atoms with Gasteiger partial charge in [0.15, 0.2) is 0 Å². The fourth-order valence-corrected chi connectivity index (χ4v) is 5.09. The third kappa shape index (κ3) is 3.66. The second kappa shape index (κ2) is 8.28. The molecule has 0 radical (unpaired) electrons. The summed E-state index contributed by atoms with van der Waals surface area (Å²) >= 11 is 6.20. The van der Waals surface area contributed by atoms with E-state index in [0.29, 0.717) is 30.3 Å². The third-order valence-corrected chi connectivity index (χ3v) is 6.88. The lowest BCUT2D eigenvalue weighted by Gasteiger charge is -2.42. The van der Waals surface area contributed by atoms with E-state index >= 15 is 0 Å². The largest absolute Gasteiger partial charge is 0.478 e. The maximum atomic E-state index is 13.1. The number of halogens is 1. The lowest BCUT2D eigenvalue weighted by Crippen LogP contribution is -2.47. The summed E-state index contributed by atoms with van der Waals surface area (Å²) in [6.07, 6.45) is 3.52. The summed E-state index contributed by atoms with van der Waals surface area (Å²) < 4.78 is 0. The molecule has 4 rings (SSSR count). The number of nitrogens with two attached hydrogens (primary N) is 1. The fraction of sp³-hybridized carbons (Fsp3) is 0.391. The number of hydrogen-bond donors (Lipinski definition) is 2. The van der Waals surface area contributed by atoms with E-state index in [0.717, 1.165) is 25.7 Å². The number of rotatable bonds is 5. The van der Waals surface area contributed by atoms with Crippen molar-refractivity contribution < 1.29 is 14.7 Å². The van der Waals surface area contributed by atoms with Crippen molar-refractivity contribution in [2.75, 3.05) is 24.5 Å². The van der Waals surface area contributed by atoms with Crippen LogP contribution in [-0.4, -0.2) is 47.7 Å². The van der Waals surface area contributed by atoms with E-state index in [1.807, 2.05) is 23.1 Å². The first kappa shape index (κ1) is 20.7. The van der Waals surface area contributed by atoms with Crippen LogP contribution in [0.4, 0.5) is 10.5 Å². The highest BCUT2D eigenvalue weighted by Gasteiger charge is 2.42. The molecule has 7 heteroatoms. The number of urea groups is 1. The van der Waals surface area contributed by atoms with Crippen LogP contribution in [0.15, 0.2) is 48.5 Å². The molecule has 158 valence electrons.